The van der Waals surface area contributed by atoms with Crippen LogP contribution in [0.25, 0.3) is 0 Å². The average molecular weight is 311 g/mol. The molecule has 1 aliphatic heterocycles. The van der Waals surface area contributed by atoms with E-state index in [1.807, 2.05) is 0 Å². The summed E-state index contributed by atoms with van der Waals surface area (Å²) in [7, 11) is 0. The summed E-state index contributed by atoms with van der Waals surface area (Å²) in [6, 6.07) is -0.815. The van der Waals surface area contributed by atoms with Gasteiger partial charge in [0.1, 0.15) is 18.3 Å². The lowest BCUT2D eigenvalue weighted by atomic mass is 9.83. The summed E-state index contributed by atoms with van der Waals surface area (Å²) in [6.45, 7) is 0.732. The minimum absolute atomic E-state index is 0.185. The maximum Gasteiger partial charge on any atom is 0.220 e. The van der Waals surface area contributed by atoms with Gasteiger partial charge in [-0.25, -0.2) is 4.68 Å². The predicted octanol–water partition coefficient (Wildman–Crippen LogP) is -1.93. The van der Waals surface area contributed by atoms with E-state index in [0.717, 1.165) is 5.69 Å². The number of nitrogens with one attached hydrogen (secondary N) is 1. The molecular weight excluding hydrogens is 290 g/mol. The standard InChI is InChI=1S/C13H21N5O4/c14-3-1-2-10(19)16-8-4-9-13(12(21)11(8)20)22-6-7-5-15-17-18(7)9/h5,8-9,11-13,20-21H,1-4,6,14H2,(H,16,19)/t8-,9+,11+,12-,13-/m0/s1. The molecule has 9 nitrogen and oxygen atoms in total. The van der Waals surface area contributed by atoms with Gasteiger partial charge in [0.05, 0.1) is 30.6 Å². The summed E-state index contributed by atoms with van der Waals surface area (Å²) in [4.78, 5) is 11.9. The van der Waals surface area contributed by atoms with Gasteiger partial charge in [-0.3, -0.25) is 4.79 Å². The Labute approximate surface area is 127 Å². The number of aromatic nitrogens is 3. The number of hydrogen-bond acceptors (Lipinski definition) is 7. The van der Waals surface area contributed by atoms with Crippen LogP contribution in [-0.2, 0) is 16.1 Å². The Morgan fingerprint density at radius 2 is 2.32 bits per heavy atom. The van der Waals surface area contributed by atoms with Gasteiger partial charge in [0, 0.05) is 6.42 Å². The average Bonchev–Trinajstić information content (AvgIpc) is 2.99. The second kappa shape index (κ2) is 6.29. The Kier molecular flexibility index (Phi) is 4.39. The number of hydrogen-bond donors (Lipinski definition) is 4. The van der Waals surface area contributed by atoms with Crippen LogP contribution in [0.5, 0.6) is 0 Å². The van der Waals surface area contributed by atoms with Crippen LogP contribution in [0.1, 0.15) is 31.0 Å². The van der Waals surface area contributed by atoms with Crippen LogP contribution in [0.15, 0.2) is 6.20 Å². The van der Waals surface area contributed by atoms with Gasteiger partial charge in [0.25, 0.3) is 0 Å². The smallest absolute Gasteiger partial charge is 0.220 e. The number of aliphatic hydroxyl groups excluding tert-OH is 2. The van der Waals surface area contributed by atoms with E-state index >= 15 is 0 Å². The lowest BCUT2D eigenvalue weighted by molar-refractivity contribution is -0.165. The van der Waals surface area contributed by atoms with Gasteiger partial charge in [0.2, 0.25) is 5.91 Å². The van der Waals surface area contributed by atoms with Crippen molar-refractivity contribution >= 4 is 5.91 Å². The van der Waals surface area contributed by atoms with Gasteiger partial charge >= 0.3 is 0 Å². The lowest BCUT2D eigenvalue weighted by Gasteiger charge is -2.44. The molecule has 0 aromatic carbocycles. The second-order valence-electron chi connectivity index (χ2n) is 5.80. The van der Waals surface area contributed by atoms with Crippen LogP contribution >= 0.6 is 0 Å². The zero-order chi connectivity index (χ0) is 15.7. The molecule has 0 spiro atoms. The van der Waals surface area contributed by atoms with E-state index < -0.39 is 24.4 Å². The maximum atomic E-state index is 11.9. The first-order chi connectivity index (χ1) is 10.6. The third kappa shape index (κ3) is 2.72. The Hall–Kier alpha value is -1.55. The molecule has 1 fully saturated rings. The minimum atomic E-state index is -1.09. The monoisotopic (exact) mass is 311 g/mol. The topological polar surface area (TPSA) is 136 Å². The van der Waals surface area contributed by atoms with Crippen molar-refractivity contribution in [3.8, 4) is 0 Å². The summed E-state index contributed by atoms with van der Waals surface area (Å²) in [5.41, 5.74) is 6.20. The molecule has 0 bridgehead atoms. The van der Waals surface area contributed by atoms with Gasteiger partial charge in [-0.1, -0.05) is 5.21 Å². The van der Waals surface area contributed by atoms with E-state index in [0.29, 0.717) is 32.4 Å². The first-order valence-electron chi connectivity index (χ1n) is 7.48. The van der Waals surface area contributed by atoms with Gasteiger partial charge in [-0.05, 0) is 19.4 Å². The number of rotatable bonds is 4. The number of carbonyl (C=O) groups is 1. The van der Waals surface area contributed by atoms with Crippen LogP contribution in [-0.4, -0.2) is 62.0 Å². The normalized spacial score (nSPS) is 33.9. The summed E-state index contributed by atoms with van der Waals surface area (Å²) < 4.78 is 7.34. The Bertz CT molecular complexity index is 536. The van der Waals surface area contributed by atoms with E-state index in [9.17, 15) is 15.0 Å². The number of nitrogens with zero attached hydrogens (tertiary/aromatic N) is 3. The van der Waals surface area contributed by atoms with Crippen LogP contribution < -0.4 is 11.1 Å². The summed E-state index contributed by atoms with van der Waals surface area (Å²) >= 11 is 0. The van der Waals surface area contributed by atoms with Crippen molar-refractivity contribution < 1.29 is 19.7 Å². The maximum absolute atomic E-state index is 11.9. The van der Waals surface area contributed by atoms with Gasteiger partial charge in [-0.15, -0.1) is 5.10 Å². The van der Waals surface area contributed by atoms with Crippen LogP contribution in [0, 0.1) is 0 Å². The predicted molar refractivity (Wildman–Crippen MR) is 74.5 cm³/mol. The number of aliphatic hydroxyl groups is 2. The molecule has 1 saturated carbocycles. The van der Waals surface area contributed by atoms with Gasteiger partial charge < -0.3 is 26.0 Å². The van der Waals surface area contributed by atoms with Crippen molar-refractivity contribution in [3.63, 3.8) is 0 Å². The van der Waals surface area contributed by atoms with Crippen molar-refractivity contribution in [1.82, 2.24) is 20.3 Å². The Morgan fingerprint density at radius 3 is 3.09 bits per heavy atom. The lowest BCUT2D eigenvalue weighted by Crippen LogP contribution is -2.61. The first kappa shape index (κ1) is 15.3. The fourth-order valence-electron chi connectivity index (χ4n) is 3.16. The van der Waals surface area contributed by atoms with Crippen molar-refractivity contribution in [1.29, 1.82) is 0 Å². The molecule has 2 aliphatic rings. The van der Waals surface area contributed by atoms with E-state index in [1.54, 1.807) is 10.9 Å². The number of ether oxygens (including phenoxy) is 1. The van der Waals surface area contributed by atoms with E-state index in [4.69, 9.17) is 10.5 Å². The Morgan fingerprint density at radius 1 is 1.50 bits per heavy atom. The molecule has 1 aromatic rings. The molecule has 0 radical (unpaired) electrons. The third-order valence-electron chi connectivity index (χ3n) is 4.31. The highest BCUT2D eigenvalue weighted by Gasteiger charge is 2.48. The van der Waals surface area contributed by atoms with Gasteiger partial charge in [0.15, 0.2) is 0 Å². The van der Waals surface area contributed by atoms with Crippen molar-refractivity contribution in [2.24, 2.45) is 5.73 Å². The number of amides is 1. The number of nitrogens with two attached hydrogens (primary N) is 1. The largest absolute Gasteiger partial charge is 0.388 e. The molecule has 0 saturated heterocycles. The van der Waals surface area contributed by atoms with E-state index in [2.05, 4.69) is 15.6 Å². The zero-order valence-electron chi connectivity index (χ0n) is 12.1. The van der Waals surface area contributed by atoms with Crippen LogP contribution in [0.4, 0.5) is 0 Å². The van der Waals surface area contributed by atoms with Crippen LogP contribution in [0.3, 0.4) is 0 Å². The summed E-state index contributed by atoms with van der Waals surface area (Å²) in [5.74, 6) is -0.185. The molecule has 5 N–H and O–H groups in total. The molecule has 1 aromatic heterocycles. The first-order valence-corrected chi connectivity index (χ1v) is 7.48. The second-order valence-corrected chi connectivity index (χ2v) is 5.80. The molecule has 22 heavy (non-hydrogen) atoms. The molecule has 9 heteroatoms. The van der Waals surface area contributed by atoms with Gasteiger partial charge in [-0.2, -0.15) is 0 Å². The zero-order valence-corrected chi connectivity index (χ0v) is 12.1. The fourth-order valence-corrected chi connectivity index (χ4v) is 3.16. The summed E-state index contributed by atoms with van der Waals surface area (Å²) in [6.07, 6.45) is 0.204. The highest BCUT2D eigenvalue weighted by molar-refractivity contribution is 5.76. The Balaban J connectivity index is 1.73. The summed E-state index contributed by atoms with van der Waals surface area (Å²) in [5, 5.41) is 31.2. The van der Waals surface area contributed by atoms with E-state index in [1.165, 1.54) is 0 Å². The molecule has 122 valence electrons. The SMILES string of the molecule is NCCCC(=O)N[C@H]1C[C@@H]2[C@H](OCc3cnnn32)[C@@H](O)[C@@H]1O. The van der Waals surface area contributed by atoms with Crippen molar-refractivity contribution in [2.45, 2.75) is 56.3 Å². The quantitative estimate of drug-likeness (QED) is 0.508. The van der Waals surface area contributed by atoms with E-state index in [-0.39, 0.29) is 11.9 Å². The van der Waals surface area contributed by atoms with Crippen molar-refractivity contribution in [2.75, 3.05) is 6.54 Å². The van der Waals surface area contributed by atoms with Crippen molar-refractivity contribution in [3.05, 3.63) is 11.9 Å². The molecule has 5 atom stereocenters. The molecule has 0 unspecified atom stereocenters. The number of carbonyl (C=O) groups excluding carboxylic acids is 1. The fraction of sp³-hybridized carbons (Fsp3) is 0.769. The minimum Gasteiger partial charge on any atom is -0.388 e. The van der Waals surface area contributed by atoms with Crippen LogP contribution in [0.2, 0.25) is 0 Å². The molecule has 2 heterocycles. The molecule has 1 amide bonds. The molecule has 1 aliphatic carbocycles. The molecular formula is C13H21N5O4. The third-order valence-corrected chi connectivity index (χ3v) is 4.31. The highest BCUT2D eigenvalue weighted by atomic mass is 16.5. The highest BCUT2D eigenvalue weighted by Crippen LogP contribution is 2.35. The number of fused-ring (bicyclic) bond motifs is 3. The molecule has 3 rings (SSSR count).